The lowest BCUT2D eigenvalue weighted by atomic mass is 10.1. The van der Waals surface area contributed by atoms with E-state index in [1.807, 2.05) is 63.2 Å². The number of sulfone groups is 1. The third-order valence-corrected chi connectivity index (χ3v) is 7.89. The molecule has 0 atom stereocenters. The second-order valence-corrected chi connectivity index (χ2v) is 11.5. The number of benzene rings is 3. The smallest absolute Gasteiger partial charge is 0.410 e. The molecule has 1 N–H and O–H groups in total. The van der Waals surface area contributed by atoms with Gasteiger partial charge in [0.15, 0.2) is 5.03 Å². The third-order valence-electron chi connectivity index (χ3n) is 6.11. The Labute approximate surface area is 204 Å². The molecule has 0 unspecified atom stereocenters. The number of hydrogen-bond donors (Lipinski definition) is 1. The van der Waals surface area contributed by atoms with Crippen LogP contribution in [-0.2, 0) is 14.6 Å². The number of anilines is 1. The molecule has 35 heavy (non-hydrogen) atoms. The maximum atomic E-state index is 13.6. The van der Waals surface area contributed by atoms with Crippen molar-refractivity contribution >= 4 is 43.3 Å². The molecule has 0 radical (unpaired) electrons. The van der Waals surface area contributed by atoms with E-state index in [2.05, 4.69) is 15.1 Å². The monoisotopic (exact) mass is 492 g/mol. The molecule has 0 aliphatic carbocycles. The Bertz CT molecular complexity index is 1510. The SMILES string of the molecule is CC(C)(C)OC(=O)N1CCN(c2ccc3c(S(=O)(=O)c4cccc5ccccc45)[nH]nc3c2)CC1. The number of nitrogens with one attached hydrogen (secondary N) is 1. The van der Waals surface area contributed by atoms with Crippen LogP contribution in [0.15, 0.2) is 70.6 Å². The minimum atomic E-state index is -3.81. The summed E-state index contributed by atoms with van der Waals surface area (Å²) < 4.78 is 32.6. The minimum Gasteiger partial charge on any atom is -0.444 e. The predicted octanol–water partition coefficient (Wildman–Crippen LogP) is 4.61. The molecule has 1 fully saturated rings. The number of hydrogen-bond acceptors (Lipinski definition) is 6. The number of aromatic amines is 1. The molecule has 3 aromatic carbocycles. The highest BCUT2D eigenvalue weighted by Gasteiger charge is 2.28. The second kappa shape index (κ2) is 8.57. The van der Waals surface area contributed by atoms with Crippen molar-refractivity contribution in [1.82, 2.24) is 15.1 Å². The third kappa shape index (κ3) is 4.43. The summed E-state index contributed by atoms with van der Waals surface area (Å²) in [4.78, 5) is 16.5. The summed E-state index contributed by atoms with van der Waals surface area (Å²) in [5.41, 5.74) is 0.987. The van der Waals surface area contributed by atoms with E-state index < -0.39 is 15.4 Å². The van der Waals surface area contributed by atoms with E-state index in [1.54, 1.807) is 23.1 Å². The average Bonchev–Trinajstić information content (AvgIpc) is 3.27. The Morgan fingerprint density at radius 2 is 1.66 bits per heavy atom. The Morgan fingerprint density at radius 3 is 2.40 bits per heavy atom. The van der Waals surface area contributed by atoms with Crippen molar-refractivity contribution in [2.75, 3.05) is 31.1 Å². The summed E-state index contributed by atoms with van der Waals surface area (Å²) in [5.74, 6) is 0. The van der Waals surface area contributed by atoms with E-state index in [-0.39, 0.29) is 16.0 Å². The highest BCUT2D eigenvalue weighted by atomic mass is 32.2. The van der Waals surface area contributed by atoms with E-state index in [0.29, 0.717) is 42.5 Å². The topological polar surface area (TPSA) is 95.6 Å². The highest BCUT2D eigenvalue weighted by molar-refractivity contribution is 7.91. The lowest BCUT2D eigenvalue weighted by Crippen LogP contribution is -2.50. The zero-order chi connectivity index (χ0) is 24.8. The molecule has 182 valence electrons. The lowest BCUT2D eigenvalue weighted by Gasteiger charge is -2.36. The molecule has 9 heteroatoms. The summed E-state index contributed by atoms with van der Waals surface area (Å²) in [6.45, 7) is 7.97. The molecule has 1 saturated heterocycles. The van der Waals surface area contributed by atoms with E-state index in [4.69, 9.17) is 4.74 Å². The average molecular weight is 493 g/mol. The number of nitrogens with zero attached hydrogens (tertiary/aromatic N) is 3. The van der Waals surface area contributed by atoms with Crippen LogP contribution in [0, 0.1) is 0 Å². The molecule has 0 saturated carbocycles. The van der Waals surface area contributed by atoms with Crippen LogP contribution in [-0.4, -0.2) is 61.4 Å². The van der Waals surface area contributed by atoms with Crippen molar-refractivity contribution in [2.24, 2.45) is 0 Å². The van der Waals surface area contributed by atoms with Crippen molar-refractivity contribution < 1.29 is 17.9 Å². The Morgan fingerprint density at radius 1 is 0.943 bits per heavy atom. The fraction of sp³-hybridized carbons (Fsp3) is 0.308. The Hall–Kier alpha value is -3.59. The minimum absolute atomic E-state index is 0.0881. The van der Waals surface area contributed by atoms with Crippen LogP contribution in [0.3, 0.4) is 0 Å². The molecule has 0 spiro atoms. The zero-order valence-electron chi connectivity index (χ0n) is 20.0. The second-order valence-electron chi connectivity index (χ2n) is 9.69. The molecule has 1 amide bonds. The van der Waals surface area contributed by atoms with Crippen LogP contribution in [0.1, 0.15) is 20.8 Å². The molecular formula is C26H28N4O4S. The molecule has 2 heterocycles. The molecular weight excluding hydrogens is 464 g/mol. The predicted molar refractivity (Wildman–Crippen MR) is 136 cm³/mol. The summed E-state index contributed by atoms with van der Waals surface area (Å²) in [5, 5.41) is 9.26. The molecule has 4 aromatic rings. The first-order valence-corrected chi connectivity index (χ1v) is 13.1. The van der Waals surface area contributed by atoms with Crippen LogP contribution in [0.2, 0.25) is 0 Å². The first-order chi connectivity index (χ1) is 16.6. The standard InChI is InChI=1S/C26H28N4O4S/c1-26(2,3)34-25(31)30-15-13-29(14-16-30)19-11-12-21-22(17-19)27-28-24(21)35(32,33)23-10-6-8-18-7-4-5-9-20(18)23/h4-12,17H,13-16H2,1-3H3,(H,27,28). The van der Waals surface area contributed by atoms with Crippen LogP contribution in [0.25, 0.3) is 21.7 Å². The summed E-state index contributed by atoms with van der Waals surface area (Å²) in [7, 11) is -3.81. The van der Waals surface area contributed by atoms with Gasteiger partial charge in [0.25, 0.3) is 0 Å². The van der Waals surface area contributed by atoms with Gasteiger partial charge in [0.1, 0.15) is 5.60 Å². The van der Waals surface area contributed by atoms with Crippen molar-refractivity contribution in [2.45, 2.75) is 36.3 Å². The fourth-order valence-corrected chi connectivity index (χ4v) is 5.97. The number of rotatable bonds is 3. The van der Waals surface area contributed by atoms with Gasteiger partial charge in [-0.05, 0) is 50.4 Å². The Kier molecular flexibility index (Phi) is 5.67. The van der Waals surface area contributed by atoms with Gasteiger partial charge in [0, 0.05) is 42.6 Å². The van der Waals surface area contributed by atoms with E-state index in [1.165, 1.54) is 0 Å². The first kappa shape index (κ1) is 23.2. The summed E-state index contributed by atoms with van der Waals surface area (Å²) in [6, 6.07) is 18.3. The molecule has 0 bridgehead atoms. The summed E-state index contributed by atoms with van der Waals surface area (Å²) >= 11 is 0. The van der Waals surface area contributed by atoms with Crippen molar-refractivity contribution in [3.63, 3.8) is 0 Å². The molecule has 5 rings (SSSR count). The fourth-order valence-electron chi connectivity index (χ4n) is 4.39. The van der Waals surface area contributed by atoms with Gasteiger partial charge in [0.05, 0.1) is 10.4 Å². The number of amides is 1. The number of H-pyrrole nitrogens is 1. The number of carbonyl (C=O) groups excluding carboxylic acids is 1. The van der Waals surface area contributed by atoms with Gasteiger partial charge in [-0.25, -0.2) is 13.2 Å². The first-order valence-electron chi connectivity index (χ1n) is 11.6. The van der Waals surface area contributed by atoms with E-state index >= 15 is 0 Å². The van der Waals surface area contributed by atoms with Crippen molar-refractivity contribution in [1.29, 1.82) is 0 Å². The van der Waals surface area contributed by atoms with Gasteiger partial charge in [-0.2, -0.15) is 5.10 Å². The van der Waals surface area contributed by atoms with Crippen LogP contribution >= 0.6 is 0 Å². The van der Waals surface area contributed by atoms with Gasteiger partial charge in [-0.15, -0.1) is 0 Å². The quantitative estimate of drug-likeness (QED) is 0.449. The number of aromatic nitrogens is 2. The molecule has 1 aliphatic heterocycles. The number of carbonyl (C=O) groups is 1. The van der Waals surface area contributed by atoms with Crippen LogP contribution in [0.5, 0.6) is 0 Å². The van der Waals surface area contributed by atoms with Gasteiger partial charge < -0.3 is 14.5 Å². The number of fused-ring (bicyclic) bond motifs is 2. The van der Waals surface area contributed by atoms with Gasteiger partial charge in [-0.3, -0.25) is 5.10 Å². The largest absolute Gasteiger partial charge is 0.444 e. The van der Waals surface area contributed by atoms with E-state index in [9.17, 15) is 13.2 Å². The zero-order valence-corrected chi connectivity index (χ0v) is 20.8. The molecule has 1 aromatic heterocycles. The normalized spacial score (nSPS) is 15.1. The number of piperazine rings is 1. The maximum Gasteiger partial charge on any atom is 0.410 e. The van der Waals surface area contributed by atoms with Crippen LogP contribution in [0.4, 0.5) is 10.5 Å². The van der Waals surface area contributed by atoms with E-state index in [0.717, 1.165) is 11.1 Å². The van der Waals surface area contributed by atoms with Crippen molar-refractivity contribution in [3.05, 3.63) is 60.7 Å². The molecule has 1 aliphatic rings. The van der Waals surface area contributed by atoms with Gasteiger partial charge >= 0.3 is 6.09 Å². The summed E-state index contributed by atoms with van der Waals surface area (Å²) in [6.07, 6.45) is -0.303. The molecule has 8 nitrogen and oxygen atoms in total. The van der Waals surface area contributed by atoms with Crippen molar-refractivity contribution in [3.8, 4) is 0 Å². The maximum absolute atomic E-state index is 13.6. The van der Waals surface area contributed by atoms with Crippen LogP contribution < -0.4 is 4.90 Å². The highest BCUT2D eigenvalue weighted by Crippen LogP contribution is 2.32. The lowest BCUT2D eigenvalue weighted by molar-refractivity contribution is 0.0240. The van der Waals surface area contributed by atoms with Gasteiger partial charge in [0.2, 0.25) is 9.84 Å². The number of ether oxygens (including phenoxy) is 1. The van der Waals surface area contributed by atoms with Gasteiger partial charge in [-0.1, -0.05) is 36.4 Å². The Balaban J connectivity index is 1.39.